The summed E-state index contributed by atoms with van der Waals surface area (Å²) >= 11 is 0. The largest absolute Gasteiger partial charge is 0.329 e. The van der Waals surface area contributed by atoms with Crippen LogP contribution in [0, 0.1) is 29.6 Å². The van der Waals surface area contributed by atoms with Crippen molar-refractivity contribution in [1.82, 2.24) is 0 Å². The van der Waals surface area contributed by atoms with Crippen molar-refractivity contribution < 1.29 is 0 Å². The fourth-order valence-corrected chi connectivity index (χ4v) is 1.82. The minimum atomic E-state index is -0.230. The Morgan fingerprint density at radius 2 is 2.07 bits per heavy atom. The van der Waals surface area contributed by atoms with Crippen LogP contribution in [-0.4, -0.2) is 12.4 Å². The van der Waals surface area contributed by atoms with Gasteiger partial charge >= 0.3 is 0 Å². The van der Waals surface area contributed by atoms with Crippen LogP contribution in [0.4, 0.5) is 5.69 Å². The highest BCUT2D eigenvalue weighted by Crippen LogP contribution is 2.25. The second-order valence-corrected chi connectivity index (χ2v) is 3.84. The normalized spacial score (nSPS) is 20.4. The van der Waals surface area contributed by atoms with E-state index in [4.69, 9.17) is 10.7 Å². The lowest BCUT2D eigenvalue weighted by molar-refractivity contribution is 0.843. The quantitative estimate of drug-likeness (QED) is 0.754. The molecule has 1 atom stereocenters. The number of hydrogen-bond donors (Lipinski definition) is 1. The second-order valence-electron chi connectivity index (χ2n) is 3.84. The second kappa shape index (κ2) is 3.74. The number of anilines is 1. The summed E-state index contributed by atoms with van der Waals surface area (Å²) in [7, 11) is 0. The molecule has 0 saturated carbocycles. The zero-order valence-electron chi connectivity index (χ0n) is 8.70. The molecule has 1 saturated heterocycles. The minimum absolute atomic E-state index is 0.230. The van der Waals surface area contributed by atoms with Crippen molar-refractivity contribution in [3.8, 4) is 6.07 Å². The van der Waals surface area contributed by atoms with Crippen molar-refractivity contribution in [3.63, 3.8) is 0 Å². The van der Waals surface area contributed by atoms with Gasteiger partial charge in [-0.25, -0.2) is 0 Å². The molecule has 3 heteroatoms. The summed E-state index contributed by atoms with van der Waals surface area (Å²) in [5.41, 5.74) is 2.23. The van der Waals surface area contributed by atoms with Gasteiger partial charge in [0.2, 0.25) is 0 Å². The van der Waals surface area contributed by atoms with E-state index in [2.05, 4.69) is 6.07 Å². The van der Waals surface area contributed by atoms with Crippen molar-refractivity contribution in [2.45, 2.75) is 13.3 Å². The molecule has 15 heavy (non-hydrogen) atoms. The predicted molar refractivity (Wildman–Crippen MR) is 60.0 cm³/mol. The number of nitrogens with one attached hydrogen (secondary N) is 1. The first-order chi connectivity index (χ1) is 7.22. The maximum absolute atomic E-state index is 8.83. The molecule has 1 aromatic carbocycles. The van der Waals surface area contributed by atoms with Crippen LogP contribution in [0.15, 0.2) is 24.3 Å². The molecular formula is C12H13N3. The van der Waals surface area contributed by atoms with E-state index in [0.29, 0.717) is 5.84 Å². The minimum Gasteiger partial charge on any atom is -0.329 e. The average Bonchev–Trinajstić information content (AvgIpc) is 2.61. The fourth-order valence-electron chi connectivity index (χ4n) is 1.82. The van der Waals surface area contributed by atoms with Gasteiger partial charge in [0.25, 0.3) is 0 Å². The number of rotatable bonds is 1. The summed E-state index contributed by atoms with van der Waals surface area (Å²) in [6, 6.07) is 10.2. The van der Waals surface area contributed by atoms with Gasteiger partial charge < -0.3 is 4.90 Å². The van der Waals surface area contributed by atoms with Crippen molar-refractivity contribution in [3.05, 3.63) is 29.8 Å². The standard InChI is InChI=1S/C12H13N3/c1-9-2-4-11(5-3-9)15-7-6-10(8-13)12(15)14/h2-5,10,14H,6-7H2,1H3. The molecule has 1 fully saturated rings. The molecule has 76 valence electrons. The fraction of sp³-hybridized carbons (Fsp3) is 0.333. The molecule has 0 aromatic heterocycles. The molecule has 1 aliphatic heterocycles. The van der Waals surface area contributed by atoms with E-state index in [1.807, 2.05) is 36.1 Å². The summed E-state index contributed by atoms with van der Waals surface area (Å²) in [5, 5.41) is 16.7. The monoisotopic (exact) mass is 199 g/mol. The van der Waals surface area contributed by atoms with Gasteiger partial charge in [-0.1, -0.05) is 17.7 Å². The predicted octanol–water partition coefficient (Wildman–Crippen LogP) is 2.32. The first-order valence-electron chi connectivity index (χ1n) is 5.04. The van der Waals surface area contributed by atoms with Crippen LogP contribution >= 0.6 is 0 Å². The highest BCUT2D eigenvalue weighted by atomic mass is 15.2. The Labute approximate surface area is 89.5 Å². The van der Waals surface area contributed by atoms with Crippen LogP contribution in [-0.2, 0) is 0 Å². The first kappa shape index (κ1) is 9.72. The Morgan fingerprint density at radius 1 is 1.40 bits per heavy atom. The Hall–Kier alpha value is -1.82. The molecular weight excluding hydrogens is 186 g/mol. The average molecular weight is 199 g/mol. The van der Waals surface area contributed by atoms with Gasteiger partial charge in [-0.15, -0.1) is 0 Å². The van der Waals surface area contributed by atoms with Crippen molar-refractivity contribution >= 4 is 11.5 Å². The maximum Gasteiger partial charge on any atom is 0.118 e. The molecule has 0 aliphatic carbocycles. The lowest BCUT2D eigenvalue weighted by Crippen LogP contribution is -2.25. The summed E-state index contributed by atoms with van der Waals surface area (Å²) in [6.07, 6.45) is 0.767. The number of hydrogen-bond acceptors (Lipinski definition) is 2. The number of amidine groups is 1. The van der Waals surface area contributed by atoms with Gasteiger partial charge in [-0.2, -0.15) is 5.26 Å². The summed E-state index contributed by atoms with van der Waals surface area (Å²) < 4.78 is 0. The molecule has 0 bridgehead atoms. The van der Waals surface area contributed by atoms with E-state index in [-0.39, 0.29) is 5.92 Å². The highest BCUT2D eigenvalue weighted by Gasteiger charge is 2.28. The summed E-state index contributed by atoms with van der Waals surface area (Å²) in [6.45, 7) is 2.82. The van der Waals surface area contributed by atoms with E-state index in [1.54, 1.807) is 0 Å². The molecule has 0 amide bonds. The van der Waals surface area contributed by atoms with E-state index >= 15 is 0 Å². The Balaban J connectivity index is 2.23. The topological polar surface area (TPSA) is 50.9 Å². The Kier molecular flexibility index (Phi) is 2.42. The van der Waals surface area contributed by atoms with Crippen LogP contribution in [0.2, 0.25) is 0 Å². The smallest absolute Gasteiger partial charge is 0.118 e. The number of nitrogens with zero attached hydrogens (tertiary/aromatic N) is 2. The molecule has 2 rings (SSSR count). The van der Waals surface area contributed by atoms with Crippen LogP contribution in [0.5, 0.6) is 0 Å². The van der Waals surface area contributed by atoms with Gasteiger partial charge in [-0.05, 0) is 25.5 Å². The molecule has 1 aliphatic rings. The third-order valence-corrected chi connectivity index (χ3v) is 2.76. The number of aryl methyl sites for hydroxylation is 1. The number of nitriles is 1. The van der Waals surface area contributed by atoms with Crippen molar-refractivity contribution in [2.75, 3.05) is 11.4 Å². The highest BCUT2D eigenvalue weighted by molar-refractivity contribution is 6.00. The Bertz CT molecular complexity index is 413. The third kappa shape index (κ3) is 1.71. The van der Waals surface area contributed by atoms with Crippen LogP contribution in [0.1, 0.15) is 12.0 Å². The summed E-state index contributed by atoms with van der Waals surface area (Å²) in [5.74, 6) is 0.202. The summed E-state index contributed by atoms with van der Waals surface area (Å²) in [4.78, 5) is 1.91. The number of benzene rings is 1. The maximum atomic E-state index is 8.83. The first-order valence-corrected chi connectivity index (χ1v) is 5.04. The lowest BCUT2D eigenvalue weighted by Gasteiger charge is -2.18. The van der Waals surface area contributed by atoms with E-state index in [9.17, 15) is 0 Å². The lowest BCUT2D eigenvalue weighted by atomic mass is 10.1. The SMILES string of the molecule is Cc1ccc(N2CCC(C#N)C2=N)cc1. The third-order valence-electron chi connectivity index (χ3n) is 2.76. The molecule has 0 spiro atoms. The van der Waals surface area contributed by atoms with Gasteiger partial charge in [0.15, 0.2) is 0 Å². The van der Waals surface area contributed by atoms with Crippen LogP contribution < -0.4 is 4.90 Å². The zero-order valence-corrected chi connectivity index (χ0v) is 8.70. The van der Waals surface area contributed by atoms with Gasteiger partial charge in [-0.3, -0.25) is 5.41 Å². The van der Waals surface area contributed by atoms with E-state index < -0.39 is 0 Å². The van der Waals surface area contributed by atoms with Crippen molar-refractivity contribution in [2.24, 2.45) is 5.92 Å². The molecule has 1 N–H and O–H groups in total. The van der Waals surface area contributed by atoms with Crippen LogP contribution in [0.25, 0.3) is 0 Å². The molecule has 1 heterocycles. The molecule has 1 aromatic rings. The van der Waals surface area contributed by atoms with E-state index in [1.165, 1.54) is 5.56 Å². The molecule has 3 nitrogen and oxygen atoms in total. The van der Waals surface area contributed by atoms with Crippen molar-refractivity contribution in [1.29, 1.82) is 10.7 Å². The zero-order chi connectivity index (χ0) is 10.8. The molecule has 0 radical (unpaired) electrons. The van der Waals surface area contributed by atoms with Crippen LogP contribution in [0.3, 0.4) is 0 Å². The van der Waals surface area contributed by atoms with Gasteiger partial charge in [0.1, 0.15) is 11.8 Å². The molecule has 1 unspecified atom stereocenters. The Morgan fingerprint density at radius 3 is 2.60 bits per heavy atom. The van der Waals surface area contributed by atoms with E-state index in [0.717, 1.165) is 18.7 Å². The van der Waals surface area contributed by atoms with Gasteiger partial charge in [0.05, 0.1) is 6.07 Å². The van der Waals surface area contributed by atoms with Gasteiger partial charge in [0, 0.05) is 12.2 Å².